The standard InChI is InChI=1S/C12H24O/c1-4-6-8-9-11(3)12(13)10-7-5-2/h7,10-13H,4-6,8-9H2,1-3H3. The first-order valence-electron chi connectivity index (χ1n) is 5.57. The monoisotopic (exact) mass is 184 g/mol. The normalized spacial score (nSPS) is 16.3. The van der Waals surface area contributed by atoms with Crippen molar-refractivity contribution in [3.8, 4) is 0 Å². The van der Waals surface area contributed by atoms with Crippen molar-refractivity contribution in [1.29, 1.82) is 0 Å². The van der Waals surface area contributed by atoms with E-state index in [0.29, 0.717) is 5.92 Å². The summed E-state index contributed by atoms with van der Waals surface area (Å²) < 4.78 is 0. The number of rotatable bonds is 7. The molecule has 0 aliphatic carbocycles. The molecule has 0 saturated heterocycles. The summed E-state index contributed by atoms with van der Waals surface area (Å²) in [6, 6.07) is 0. The third kappa shape index (κ3) is 6.83. The molecule has 1 heteroatoms. The van der Waals surface area contributed by atoms with Gasteiger partial charge in [-0.2, -0.15) is 0 Å². The van der Waals surface area contributed by atoms with Crippen molar-refractivity contribution >= 4 is 0 Å². The minimum atomic E-state index is -0.239. The lowest BCUT2D eigenvalue weighted by molar-refractivity contribution is 0.154. The van der Waals surface area contributed by atoms with Gasteiger partial charge in [0.05, 0.1) is 6.10 Å². The topological polar surface area (TPSA) is 20.2 Å². The molecular weight excluding hydrogens is 160 g/mol. The highest BCUT2D eigenvalue weighted by Gasteiger charge is 2.09. The summed E-state index contributed by atoms with van der Waals surface area (Å²) in [7, 11) is 0. The second-order valence-electron chi connectivity index (χ2n) is 3.80. The van der Waals surface area contributed by atoms with E-state index in [1.165, 1.54) is 19.3 Å². The third-order valence-electron chi connectivity index (χ3n) is 2.41. The number of aliphatic hydroxyl groups excluding tert-OH is 1. The molecule has 78 valence electrons. The Bertz CT molecular complexity index is 129. The maximum atomic E-state index is 9.66. The van der Waals surface area contributed by atoms with Gasteiger partial charge in [-0.1, -0.05) is 52.2 Å². The van der Waals surface area contributed by atoms with Crippen molar-refractivity contribution < 1.29 is 5.11 Å². The van der Waals surface area contributed by atoms with E-state index in [9.17, 15) is 5.11 Å². The fourth-order valence-electron chi connectivity index (χ4n) is 1.35. The van der Waals surface area contributed by atoms with E-state index in [1.54, 1.807) is 0 Å². The Kier molecular flexibility index (Phi) is 8.11. The minimum Gasteiger partial charge on any atom is -0.389 e. The highest BCUT2D eigenvalue weighted by molar-refractivity contribution is 4.90. The molecule has 0 aliphatic heterocycles. The summed E-state index contributed by atoms with van der Waals surface area (Å²) in [5.41, 5.74) is 0. The molecule has 0 saturated carbocycles. The first kappa shape index (κ1) is 12.7. The van der Waals surface area contributed by atoms with Gasteiger partial charge < -0.3 is 5.11 Å². The summed E-state index contributed by atoms with van der Waals surface area (Å²) in [5, 5.41) is 9.66. The van der Waals surface area contributed by atoms with E-state index in [4.69, 9.17) is 0 Å². The smallest absolute Gasteiger partial charge is 0.0746 e. The number of hydrogen-bond donors (Lipinski definition) is 1. The third-order valence-corrected chi connectivity index (χ3v) is 2.41. The van der Waals surface area contributed by atoms with Crippen LogP contribution in [0, 0.1) is 5.92 Å². The molecule has 0 aromatic rings. The zero-order valence-electron chi connectivity index (χ0n) is 9.29. The van der Waals surface area contributed by atoms with E-state index in [0.717, 1.165) is 12.8 Å². The van der Waals surface area contributed by atoms with Crippen LogP contribution in [0.25, 0.3) is 0 Å². The van der Waals surface area contributed by atoms with Gasteiger partial charge in [-0.05, 0) is 18.8 Å². The van der Waals surface area contributed by atoms with E-state index in [-0.39, 0.29) is 6.10 Å². The number of unbranched alkanes of at least 4 members (excludes halogenated alkanes) is 2. The summed E-state index contributed by atoms with van der Waals surface area (Å²) in [5.74, 6) is 0.411. The molecule has 0 aliphatic rings. The first-order valence-corrected chi connectivity index (χ1v) is 5.57. The lowest BCUT2D eigenvalue weighted by Crippen LogP contribution is -2.14. The van der Waals surface area contributed by atoms with Gasteiger partial charge in [0.25, 0.3) is 0 Å². The van der Waals surface area contributed by atoms with Gasteiger partial charge in [-0.15, -0.1) is 0 Å². The second-order valence-corrected chi connectivity index (χ2v) is 3.80. The van der Waals surface area contributed by atoms with Crippen molar-refractivity contribution in [1.82, 2.24) is 0 Å². The SMILES string of the molecule is CCC=CC(O)C(C)CCCCC. The average molecular weight is 184 g/mol. The molecule has 1 nitrogen and oxygen atoms in total. The van der Waals surface area contributed by atoms with Crippen LogP contribution in [0.15, 0.2) is 12.2 Å². The van der Waals surface area contributed by atoms with Gasteiger partial charge in [0.15, 0.2) is 0 Å². The zero-order valence-corrected chi connectivity index (χ0v) is 9.29. The Morgan fingerprint density at radius 1 is 1.23 bits per heavy atom. The fraction of sp³-hybridized carbons (Fsp3) is 0.833. The van der Waals surface area contributed by atoms with Crippen molar-refractivity contribution in [3.63, 3.8) is 0 Å². The van der Waals surface area contributed by atoms with Crippen LogP contribution in [-0.2, 0) is 0 Å². The number of aliphatic hydroxyl groups is 1. The molecule has 0 heterocycles. The summed E-state index contributed by atoms with van der Waals surface area (Å²) in [6.07, 6.45) is 9.67. The molecule has 0 amide bonds. The quantitative estimate of drug-likeness (QED) is 0.474. The molecule has 0 bridgehead atoms. The Morgan fingerprint density at radius 3 is 2.46 bits per heavy atom. The minimum absolute atomic E-state index is 0.239. The van der Waals surface area contributed by atoms with Crippen LogP contribution in [0.2, 0.25) is 0 Å². The Morgan fingerprint density at radius 2 is 1.92 bits per heavy atom. The average Bonchev–Trinajstić information content (AvgIpc) is 2.14. The van der Waals surface area contributed by atoms with Crippen LogP contribution in [0.5, 0.6) is 0 Å². The zero-order chi connectivity index (χ0) is 10.1. The summed E-state index contributed by atoms with van der Waals surface area (Å²) in [4.78, 5) is 0. The molecular formula is C12H24O. The number of allylic oxidation sites excluding steroid dienone is 1. The van der Waals surface area contributed by atoms with E-state index < -0.39 is 0 Å². The summed E-state index contributed by atoms with van der Waals surface area (Å²) in [6.45, 7) is 6.42. The predicted octanol–water partition coefficient (Wildman–Crippen LogP) is 3.53. The van der Waals surface area contributed by atoms with E-state index in [2.05, 4.69) is 20.8 Å². The molecule has 0 fully saturated rings. The van der Waals surface area contributed by atoms with Gasteiger partial charge in [0.2, 0.25) is 0 Å². The highest BCUT2D eigenvalue weighted by Crippen LogP contribution is 2.14. The van der Waals surface area contributed by atoms with Gasteiger partial charge in [-0.3, -0.25) is 0 Å². The van der Waals surface area contributed by atoms with Crippen molar-refractivity contribution in [2.45, 2.75) is 59.0 Å². The van der Waals surface area contributed by atoms with Crippen molar-refractivity contribution in [2.75, 3.05) is 0 Å². The van der Waals surface area contributed by atoms with Gasteiger partial charge in [0, 0.05) is 0 Å². The Balaban J connectivity index is 3.56. The predicted molar refractivity (Wildman–Crippen MR) is 58.7 cm³/mol. The Labute approximate surface area is 82.9 Å². The maximum absolute atomic E-state index is 9.66. The molecule has 2 unspecified atom stereocenters. The van der Waals surface area contributed by atoms with Crippen LogP contribution in [-0.4, -0.2) is 11.2 Å². The van der Waals surface area contributed by atoms with Crippen LogP contribution in [0.3, 0.4) is 0 Å². The largest absolute Gasteiger partial charge is 0.389 e. The van der Waals surface area contributed by atoms with Crippen LogP contribution in [0.4, 0.5) is 0 Å². The van der Waals surface area contributed by atoms with Gasteiger partial charge in [-0.25, -0.2) is 0 Å². The van der Waals surface area contributed by atoms with Crippen LogP contribution >= 0.6 is 0 Å². The maximum Gasteiger partial charge on any atom is 0.0746 e. The molecule has 0 spiro atoms. The summed E-state index contributed by atoms with van der Waals surface area (Å²) >= 11 is 0. The van der Waals surface area contributed by atoms with Crippen molar-refractivity contribution in [3.05, 3.63) is 12.2 Å². The first-order chi connectivity index (χ1) is 6.22. The molecule has 2 atom stereocenters. The molecule has 13 heavy (non-hydrogen) atoms. The molecule has 0 aromatic heterocycles. The van der Waals surface area contributed by atoms with E-state index >= 15 is 0 Å². The molecule has 0 rings (SSSR count). The Hall–Kier alpha value is -0.300. The van der Waals surface area contributed by atoms with Crippen LogP contribution in [0.1, 0.15) is 52.9 Å². The van der Waals surface area contributed by atoms with E-state index in [1.807, 2.05) is 12.2 Å². The van der Waals surface area contributed by atoms with Gasteiger partial charge >= 0.3 is 0 Å². The van der Waals surface area contributed by atoms with Crippen LogP contribution < -0.4 is 0 Å². The molecule has 0 radical (unpaired) electrons. The highest BCUT2D eigenvalue weighted by atomic mass is 16.3. The number of hydrogen-bond acceptors (Lipinski definition) is 1. The fourth-order valence-corrected chi connectivity index (χ4v) is 1.35. The molecule has 1 N–H and O–H groups in total. The van der Waals surface area contributed by atoms with Crippen molar-refractivity contribution in [2.24, 2.45) is 5.92 Å². The lowest BCUT2D eigenvalue weighted by Gasteiger charge is -2.14. The lowest BCUT2D eigenvalue weighted by atomic mass is 9.97. The van der Waals surface area contributed by atoms with Gasteiger partial charge in [0.1, 0.15) is 0 Å². The molecule has 0 aromatic carbocycles. The second kappa shape index (κ2) is 8.31.